The Morgan fingerprint density at radius 1 is 0.339 bits per heavy atom. The molecule has 0 atom stereocenters. The van der Waals surface area contributed by atoms with Gasteiger partial charge >= 0.3 is 0 Å². The molecule has 0 aliphatic rings. The summed E-state index contributed by atoms with van der Waals surface area (Å²) in [4.78, 5) is 16.8. The van der Waals surface area contributed by atoms with Gasteiger partial charge in [0.15, 0.2) is 11.6 Å². The summed E-state index contributed by atoms with van der Waals surface area (Å²) in [6, 6.07) is 67.7. The van der Waals surface area contributed by atoms with E-state index < -0.39 is 0 Å². The molecule has 62 heavy (non-hydrogen) atoms. The monoisotopic (exact) mass is 825 g/mol. The maximum Gasteiger partial charge on any atom is 0.238 e. The van der Waals surface area contributed by atoms with E-state index in [4.69, 9.17) is 15.0 Å². The van der Waals surface area contributed by atoms with Crippen molar-refractivity contribution < 1.29 is 0 Å². The Morgan fingerprint density at radius 2 is 0.855 bits per heavy atom. The molecule has 0 fully saturated rings. The highest BCUT2D eigenvalue weighted by molar-refractivity contribution is 7.26. The number of rotatable bonds is 4. The van der Waals surface area contributed by atoms with Crippen molar-refractivity contribution >= 4 is 117 Å². The standard InChI is InChI=1S/C55H31N5S2/c1-2-15-33-31-45-40(30-32(33)14-1)36-18-5-8-22-41(36)59(45)44-28-29-49-51(38-20-7-12-26-47(38)62-49)52(44)54-56-53(39-21-13-27-48-50(39)37-19-6-11-25-46(37)61-48)57-55(58-54)60-42-23-9-3-16-34(42)35-17-4-10-24-43(35)60/h1-31H. The Labute approximate surface area is 362 Å². The molecule has 0 aliphatic carbocycles. The van der Waals surface area contributed by atoms with Crippen LogP contribution in [0.1, 0.15) is 0 Å². The number of nitrogens with zero attached hydrogens (tertiary/aromatic N) is 5. The zero-order valence-corrected chi connectivity index (χ0v) is 34.6. The van der Waals surface area contributed by atoms with E-state index in [2.05, 4.69) is 197 Å². The largest absolute Gasteiger partial charge is 0.308 e. The van der Waals surface area contributed by atoms with Gasteiger partial charge in [-0.1, -0.05) is 127 Å². The van der Waals surface area contributed by atoms with Crippen LogP contribution in [0.2, 0.25) is 0 Å². The van der Waals surface area contributed by atoms with Gasteiger partial charge in [-0.05, 0) is 71.4 Å². The van der Waals surface area contributed by atoms with Gasteiger partial charge in [0, 0.05) is 67.5 Å². The molecule has 0 N–H and O–H groups in total. The molecule has 0 saturated carbocycles. The van der Waals surface area contributed by atoms with Gasteiger partial charge in [0.1, 0.15) is 0 Å². The van der Waals surface area contributed by atoms with E-state index in [0.717, 1.165) is 60.4 Å². The molecular weight excluding hydrogens is 795 g/mol. The van der Waals surface area contributed by atoms with Gasteiger partial charge in [-0.25, -0.2) is 4.98 Å². The van der Waals surface area contributed by atoms with E-state index in [9.17, 15) is 0 Å². The minimum Gasteiger partial charge on any atom is -0.308 e. The quantitative estimate of drug-likeness (QED) is 0.178. The Morgan fingerprint density at radius 3 is 1.55 bits per heavy atom. The first-order chi connectivity index (χ1) is 30.7. The molecule has 9 aromatic carbocycles. The highest BCUT2D eigenvalue weighted by Gasteiger charge is 2.26. The Hall–Kier alpha value is -7.71. The summed E-state index contributed by atoms with van der Waals surface area (Å²) in [5.41, 5.74) is 7.34. The van der Waals surface area contributed by atoms with Crippen LogP contribution >= 0.6 is 22.7 Å². The lowest BCUT2D eigenvalue weighted by Gasteiger charge is -2.17. The summed E-state index contributed by atoms with van der Waals surface area (Å²) in [5.74, 6) is 1.84. The first-order valence-electron chi connectivity index (χ1n) is 20.8. The average molecular weight is 826 g/mol. The van der Waals surface area contributed by atoms with E-state index in [0.29, 0.717) is 17.6 Å². The fourth-order valence-corrected chi connectivity index (χ4v) is 12.2. The van der Waals surface area contributed by atoms with Crippen molar-refractivity contribution in [1.29, 1.82) is 0 Å². The van der Waals surface area contributed by atoms with Gasteiger partial charge in [-0.2, -0.15) is 9.97 Å². The molecule has 5 heterocycles. The average Bonchev–Trinajstić information content (AvgIpc) is 4.08. The molecule has 0 amide bonds. The predicted molar refractivity (Wildman–Crippen MR) is 263 cm³/mol. The lowest BCUT2D eigenvalue weighted by atomic mass is 10.0. The number of aromatic nitrogens is 5. The zero-order chi connectivity index (χ0) is 40.5. The van der Waals surface area contributed by atoms with Crippen molar-refractivity contribution in [3.63, 3.8) is 0 Å². The summed E-state index contributed by atoms with van der Waals surface area (Å²) < 4.78 is 9.51. The third-order valence-corrected chi connectivity index (χ3v) is 14.8. The van der Waals surface area contributed by atoms with Crippen LogP contribution in [0.3, 0.4) is 0 Å². The van der Waals surface area contributed by atoms with E-state index >= 15 is 0 Å². The van der Waals surface area contributed by atoms with Gasteiger partial charge in [-0.3, -0.25) is 4.57 Å². The summed E-state index contributed by atoms with van der Waals surface area (Å²) in [7, 11) is 0. The number of fused-ring (bicyclic) bond motifs is 13. The van der Waals surface area contributed by atoms with Crippen LogP contribution in [0, 0.1) is 0 Å². The second kappa shape index (κ2) is 12.9. The first-order valence-corrected chi connectivity index (χ1v) is 22.4. The first kappa shape index (κ1) is 34.0. The van der Waals surface area contributed by atoms with E-state index in [1.165, 1.54) is 51.1 Å². The van der Waals surface area contributed by atoms with Gasteiger partial charge in [0.2, 0.25) is 5.95 Å². The number of para-hydroxylation sites is 3. The number of hydrogen-bond acceptors (Lipinski definition) is 5. The molecule has 5 aromatic heterocycles. The third kappa shape index (κ3) is 4.80. The van der Waals surface area contributed by atoms with Crippen molar-refractivity contribution in [1.82, 2.24) is 24.1 Å². The Balaban J connectivity index is 1.17. The third-order valence-electron chi connectivity index (χ3n) is 12.6. The fourth-order valence-electron chi connectivity index (χ4n) is 9.93. The maximum atomic E-state index is 5.66. The molecular formula is C55H31N5S2. The molecule has 0 unspecified atom stereocenters. The SMILES string of the molecule is c1ccc2cc3c(cc2c1)c1ccccc1n3-c1ccc2sc3ccccc3c2c1-c1nc(-c2cccc3sc4ccccc4c23)nc(-n2c3ccccc3c3ccccc32)n1. The topological polar surface area (TPSA) is 48.5 Å². The maximum absolute atomic E-state index is 5.66. The lowest BCUT2D eigenvalue weighted by molar-refractivity contribution is 0.954. The second-order valence-electron chi connectivity index (χ2n) is 15.9. The zero-order valence-electron chi connectivity index (χ0n) is 33.0. The van der Waals surface area contributed by atoms with Gasteiger partial charge in [-0.15, -0.1) is 22.7 Å². The van der Waals surface area contributed by atoms with Crippen LogP contribution < -0.4 is 0 Å². The molecule has 0 saturated heterocycles. The molecule has 14 rings (SSSR count). The molecule has 0 aliphatic heterocycles. The van der Waals surface area contributed by atoms with Gasteiger partial charge in [0.05, 0.1) is 33.3 Å². The van der Waals surface area contributed by atoms with Crippen LogP contribution in [0.5, 0.6) is 0 Å². The normalized spacial score (nSPS) is 12.2. The van der Waals surface area contributed by atoms with E-state index in [-0.39, 0.29) is 0 Å². The summed E-state index contributed by atoms with van der Waals surface area (Å²) in [6.07, 6.45) is 0. The van der Waals surface area contributed by atoms with Crippen molar-refractivity contribution in [2.45, 2.75) is 0 Å². The van der Waals surface area contributed by atoms with Gasteiger partial charge < -0.3 is 4.57 Å². The van der Waals surface area contributed by atoms with E-state index in [1.54, 1.807) is 11.3 Å². The molecule has 0 radical (unpaired) electrons. The van der Waals surface area contributed by atoms with Crippen molar-refractivity contribution in [3.05, 3.63) is 188 Å². The van der Waals surface area contributed by atoms with Crippen molar-refractivity contribution in [2.75, 3.05) is 0 Å². The Kier molecular flexibility index (Phi) is 7.08. The molecule has 5 nitrogen and oxygen atoms in total. The molecule has 0 spiro atoms. The smallest absolute Gasteiger partial charge is 0.238 e. The van der Waals surface area contributed by atoms with Crippen molar-refractivity contribution in [3.8, 4) is 34.4 Å². The Bertz CT molecular complexity index is 4130. The van der Waals surface area contributed by atoms with Gasteiger partial charge in [0.25, 0.3) is 0 Å². The van der Waals surface area contributed by atoms with Crippen LogP contribution in [-0.2, 0) is 0 Å². The number of hydrogen-bond donors (Lipinski definition) is 0. The highest BCUT2D eigenvalue weighted by Crippen LogP contribution is 2.46. The summed E-state index contributed by atoms with van der Waals surface area (Å²) in [6.45, 7) is 0. The molecule has 7 heteroatoms. The van der Waals surface area contributed by atoms with Crippen LogP contribution in [0.15, 0.2) is 188 Å². The molecule has 14 aromatic rings. The number of thiophene rings is 2. The predicted octanol–water partition coefficient (Wildman–Crippen LogP) is 15.3. The minimum atomic E-state index is 0.578. The van der Waals surface area contributed by atoms with Crippen LogP contribution in [0.4, 0.5) is 0 Å². The van der Waals surface area contributed by atoms with E-state index in [1.807, 2.05) is 11.3 Å². The summed E-state index contributed by atoms with van der Waals surface area (Å²) in [5, 5.41) is 11.8. The lowest BCUT2D eigenvalue weighted by Crippen LogP contribution is -2.08. The highest BCUT2D eigenvalue weighted by atomic mass is 32.1. The fraction of sp³-hybridized carbons (Fsp3) is 0. The molecule has 288 valence electrons. The molecule has 0 bridgehead atoms. The van der Waals surface area contributed by atoms with Crippen molar-refractivity contribution in [2.24, 2.45) is 0 Å². The second-order valence-corrected chi connectivity index (χ2v) is 18.1. The summed E-state index contributed by atoms with van der Waals surface area (Å²) >= 11 is 3.62. The van der Waals surface area contributed by atoms with Crippen LogP contribution in [0.25, 0.3) is 129 Å². The minimum absolute atomic E-state index is 0.578. The number of benzene rings is 9. The van der Waals surface area contributed by atoms with Crippen LogP contribution in [-0.4, -0.2) is 24.1 Å².